The van der Waals surface area contributed by atoms with Crippen LogP contribution in [-0.2, 0) is 16.2 Å². The van der Waals surface area contributed by atoms with Gasteiger partial charge >= 0.3 is 0 Å². The van der Waals surface area contributed by atoms with Gasteiger partial charge in [-0.1, -0.05) is 240 Å². The summed E-state index contributed by atoms with van der Waals surface area (Å²) >= 11 is 0. The molecule has 356 valence electrons. The van der Waals surface area contributed by atoms with Gasteiger partial charge in [0.25, 0.3) is 0 Å². The summed E-state index contributed by atoms with van der Waals surface area (Å²) in [6.45, 7) is 23.2. The molecule has 0 amide bonds. The maximum atomic E-state index is 2.55. The van der Waals surface area contributed by atoms with Crippen LogP contribution in [0.2, 0.25) is 0 Å². The molecule has 0 aromatic heterocycles. The third kappa shape index (κ3) is 9.21. The lowest BCUT2D eigenvalue weighted by Crippen LogP contribution is -2.29. The fourth-order valence-corrected chi connectivity index (χ4v) is 11.6. The average molecular weight is 918 g/mol. The molecule has 2 atom stereocenters. The van der Waals surface area contributed by atoms with Crippen molar-refractivity contribution >= 4 is 17.1 Å². The third-order valence-corrected chi connectivity index (χ3v) is 15.5. The minimum Gasteiger partial charge on any atom is -0.310 e. The van der Waals surface area contributed by atoms with Crippen LogP contribution in [0.3, 0.4) is 0 Å². The monoisotopic (exact) mass is 918 g/mol. The summed E-state index contributed by atoms with van der Waals surface area (Å²) < 4.78 is 0. The highest BCUT2D eigenvalue weighted by Gasteiger charge is 2.46. The van der Waals surface area contributed by atoms with E-state index in [-0.39, 0.29) is 10.8 Å². The molecule has 1 aliphatic rings. The number of anilines is 3. The Labute approximate surface area is 421 Å². The van der Waals surface area contributed by atoms with Crippen LogP contribution in [-0.4, -0.2) is 0 Å². The maximum absolute atomic E-state index is 2.55. The normalized spacial score (nSPS) is 13.9. The zero-order chi connectivity index (χ0) is 49.2. The van der Waals surface area contributed by atoms with E-state index >= 15 is 0 Å². The predicted octanol–water partition coefficient (Wildman–Crippen LogP) is 20.0. The Morgan fingerprint density at radius 1 is 0.400 bits per heavy atom. The molecule has 0 spiro atoms. The molecule has 1 heteroatoms. The van der Waals surface area contributed by atoms with Crippen LogP contribution in [0, 0.1) is 0 Å². The fourth-order valence-electron chi connectivity index (χ4n) is 11.6. The van der Waals surface area contributed by atoms with Crippen LogP contribution in [0.4, 0.5) is 17.1 Å². The first-order chi connectivity index (χ1) is 33.8. The van der Waals surface area contributed by atoms with E-state index in [1.54, 1.807) is 0 Å². The zero-order valence-electron chi connectivity index (χ0n) is 43.7. The third-order valence-electron chi connectivity index (χ3n) is 15.5. The Kier molecular flexibility index (Phi) is 14.0. The van der Waals surface area contributed by atoms with Gasteiger partial charge in [0.2, 0.25) is 0 Å². The summed E-state index contributed by atoms with van der Waals surface area (Å²) in [6, 6.07) is 72.4. The topological polar surface area (TPSA) is 3.24 Å². The van der Waals surface area contributed by atoms with Crippen molar-refractivity contribution in [3.05, 3.63) is 233 Å². The minimum atomic E-state index is -0.561. The van der Waals surface area contributed by atoms with Crippen molar-refractivity contribution in [2.45, 2.75) is 136 Å². The van der Waals surface area contributed by atoms with Crippen LogP contribution < -0.4 is 4.90 Å². The lowest BCUT2D eigenvalue weighted by molar-refractivity contribution is 0.581. The van der Waals surface area contributed by atoms with Crippen LogP contribution in [0.5, 0.6) is 0 Å². The number of para-hydroxylation sites is 1. The molecule has 8 aromatic carbocycles. The van der Waals surface area contributed by atoms with Crippen LogP contribution >= 0.6 is 0 Å². The quantitative estimate of drug-likeness (QED) is 0.0990. The first kappa shape index (κ1) is 48.6. The van der Waals surface area contributed by atoms with Crippen LogP contribution in [0.1, 0.15) is 164 Å². The first-order valence-corrected chi connectivity index (χ1v) is 26.5. The number of nitrogens with zero attached hydrogens (tertiary/aromatic N) is 1. The lowest BCUT2D eigenvalue weighted by Gasteiger charge is -2.36. The molecule has 0 bridgehead atoms. The maximum Gasteiger partial charge on any atom is 0.0714 e. The smallest absolute Gasteiger partial charge is 0.0714 e. The largest absolute Gasteiger partial charge is 0.310 e. The molecule has 0 saturated heterocycles. The number of benzene rings is 8. The van der Waals surface area contributed by atoms with Gasteiger partial charge in [-0.25, -0.2) is 0 Å². The van der Waals surface area contributed by atoms with Gasteiger partial charge < -0.3 is 4.90 Å². The number of hydrogen-bond donors (Lipinski definition) is 0. The number of hydrogen-bond acceptors (Lipinski definition) is 1. The summed E-state index contributed by atoms with van der Waals surface area (Å²) in [5.74, 6) is 1.14. The summed E-state index contributed by atoms with van der Waals surface area (Å²) in [5.41, 5.74) is 21.3. The molecule has 1 aliphatic carbocycles. The second-order valence-corrected chi connectivity index (χ2v) is 22.1. The second kappa shape index (κ2) is 20.1. The van der Waals surface area contributed by atoms with Gasteiger partial charge in [0.05, 0.1) is 11.1 Å². The Bertz CT molecular complexity index is 2940. The molecule has 9 rings (SSSR count). The van der Waals surface area contributed by atoms with Gasteiger partial charge in [-0.15, -0.1) is 0 Å². The SMILES string of the molecule is CCCC(CC)c1cc(-c2ccc(N(c3ccc4c(c3)C(c3ccc(C(C)(C)C)cc3)(c3ccc(C(C)(C)C)cc3)c3ccccc3-4)c3ccccc3-c3ccccc3)cc2)cc(C(CC)CCC)c1. The summed E-state index contributed by atoms with van der Waals surface area (Å²) in [6.07, 6.45) is 7.15. The molecule has 0 heterocycles. The summed E-state index contributed by atoms with van der Waals surface area (Å²) in [4.78, 5) is 2.51. The summed E-state index contributed by atoms with van der Waals surface area (Å²) in [5, 5.41) is 0. The number of fused-ring (bicyclic) bond motifs is 3. The van der Waals surface area contributed by atoms with Gasteiger partial charge in [0, 0.05) is 16.9 Å². The zero-order valence-corrected chi connectivity index (χ0v) is 43.7. The molecule has 0 N–H and O–H groups in total. The molecule has 0 radical (unpaired) electrons. The van der Waals surface area contributed by atoms with Crippen molar-refractivity contribution in [3.8, 4) is 33.4 Å². The van der Waals surface area contributed by atoms with Gasteiger partial charge in [-0.05, 0) is 151 Å². The van der Waals surface area contributed by atoms with E-state index in [2.05, 4.69) is 262 Å². The van der Waals surface area contributed by atoms with Crippen molar-refractivity contribution in [1.82, 2.24) is 0 Å². The fraction of sp³-hybridized carbons (Fsp3) is 0.304. The lowest BCUT2D eigenvalue weighted by atomic mass is 9.67. The van der Waals surface area contributed by atoms with E-state index in [4.69, 9.17) is 0 Å². The molecule has 0 fully saturated rings. The van der Waals surface area contributed by atoms with E-state index < -0.39 is 5.41 Å². The van der Waals surface area contributed by atoms with Gasteiger partial charge in [-0.3, -0.25) is 0 Å². The van der Waals surface area contributed by atoms with Crippen molar-refractivity contribution in [3.63, 3.8) is 0 Å². The Balaban J connectivity index is 1.27. The molecule has 70 heavy (non-hydrogen) atoms. The Hall–Kier alpha value is -6.44. The Morgan fingerprint density at radius 3 is 1.41 bits per heavy atom. The van der Waals surface area contributed by atoms with Crippen molar-refractivity contribution in [1.29, 1.82) is 0 Å². The van der Waals surface area contributed by atoms with Gasteiger partial charge in [0.1, 0.15) is 0 Å². The average Bonchev–Trinajstić information content (AvgIpc) is 3.67. The molecule has 0 saturated carbocycles. The predicted molar refractivity (Wildman–Crippen MR) is 303 cm³/mol. The van der Waals surface area contributed by atoms with E-state index in [1.165, 1.54) is 104 Å². The molecular weight excluding hydrogens is 843 g/mol. The van der Waals surface area contributed by atoms with Crippen molar-refractivity contribution in [2.75, 3.05) is 4.90 Å². The summed E-state index contributed by atoms with van der Waals surface area (Å²) in [7, 11) is 0. The molecule has 1 nitrogen and oxygen atoms in total. The van der Waals surface area contributed by atoms with Crippen LogP contribution in [0.15, 0.2) is 188 Å². The van der Waals surface area contributed by atoms with E-state index in [0.29, 0.717) is 11.8 Å². The van der Waals surface area contributed by atoms with Crippen molar-refractivity contribution in [2.24, 2.45) is 0 Å². The molecule has 2 unspecified atom stereocenters. The van der Waals surface area contributed by atoms with E-state index in [0.717, 1.165) is 29.9 Å². The van der Waals surface area contributed by atoms with E-state index in [9.17, 15) is 0 Å². The second-order valence-electron chi connectivity index (χ2n) is 22.1. The van der Waals surface area contributed by atoms with Gasteiger partial charge in [-0.2, -0.15) is 0 Å². The first-order valence-electron chi connectivity index (χ1n) is 26.5. The van der Waals surface area contributed by atoms with Crippen molar-refractivity contribution < 1.29 is 0 Å². The van der Waals surface area contributed by atoms with E-state index in [1.807, 2.05) is 0 Å². The highest BCUT2D eigenvalue weighted by Crippen LogP contribution is 2.58. The Morgan fingerprint density at radius 2 is 0.886 bits per heavy atom. The highest BCUT2D eigenvalue weighted by molar-refractivity contribution is 5.92. The minimum absolute atomic E-state index is 0.0337. The standard InChI is InChI=1S/C69H75N/c1-11-22-48(13-3)52-44-53(49(14-4)23-12-2)46-54(45-52)50-30-40-59(41-31-50)70(66-29-21-19-26-61(66)51-24-16-15-17-25-51)60-42-43-63-62-27-18-20-28-64(62)69(65(63)47-60,57-36-32-55(33-37-57)67(5,6)7)58-38-34-56(35-39-58)68(8,9)10/h15-21,24-49H,11-14,22-23H2,1-10H3. The molecule has 8 aromatic rings. The highest BCUT2D eigenvalue weighted by atomic mass is 15.1. The van der Waals surface area contributed by atoms with Gasteiger partial charge in [0.15, 0.2) is 0 Å². The molecular formula is C69H75N. The van der Waals surface area contributed by atoms with Crippen LogP contribution in [0.25, 0.3) is 33.4 Å². The number of rotatable bonds is 15. The molecule has 0 aliphatic heterocycles.